The standard InChI is InChI=1S/C13H21BrN2O/c1-2-16(9-11-6-7-13(14)17-11)12-5-3-4-10(12)8-15/h6-7,10,12H,2-5,8-9,15H2,1H3. The fourth-order valence-electron chi connectivity index (χ4n) is 2.87. The quantitative estimate of drug-likeness (QED) is 0.909. The zero-order valence-electron chi connectivity index (χ0n) is 10.4. The second-order valence-corrected chi connectivity index (χ2v) is 5.54. The van der Waals surface area contributed by atoms with Crippen LogP contribution in [0.2, 0.25) is 0 Å². The Bertz CT molecular complexity index is 353. The lowest BCUT2D eigenvalue weighted by Crippen LogP contribution is -2.39. The summed E-state index contributed by atoms with van der Waals surface area (Å²) in [6, 6.07) is 4.63. The Morgan fingerprint density at radius 1 is 1.47 bits per heavy atom. The molecule has 1 saturated carbocycles. The summed E-state index contributed by atoms with van der Waals surface area (Å²) in [7, 11) is 0. The Morgan fingerprint density at radius 3 is 2.88 bits per heavy atom. The van der Waals surface area contributed by atoms with Crippen LogP contribution in [0.15, 0.2) is 21.2 Å². The van der Waals surface area contributed by atoms with Gasteiger partial charge in [0.15, 0.2) is 4.67 Å². The Morgan fingerprint density at radius 2 is 2.29 bits per heavy atom. The largest absolute Gasteiger partial charge is 0.453 e. The molecular weight excluding hydrogens is 280 g/mol. The van der Waals surface area contributed by atoms with Gasteiger partial charge in [0.2, 0.25) is 0 Å². The minimum atomic E-state index is 0.633. The van der Waals surface area contributed by atoms with E-state index in [1.54, 1.807) is 0 Å². The van der Waals surface area contributed by atoms with Gasteiger partial charge in [-0.2, -0.15) is 0 Å². The fourth-order valence-corrected chi connectivity index (χ4v) is 3.21. The predicted octanol–water partition coefficient (Wildman–Crippen LogP) is 2.99. The average molecular weight is 301 g/mol. The maximum absolute atomic E-state index is 5.86. The van der Waals surface area contributed by atoms with E-state index in [0.29, 0.717) is 12.0 Å². The molecule has 3 nitrogen and oxygen atoms in total. The number of nitrogens with two attached hydrogens (primary N) is 1. The van der Waals surface area contributed by atoms with Gasteiger partial charge in [-0.05, 0) is 59.9 Å². The molecule has 1 heterocycles. The molecule has 0 saturated heterocycles. The Balaban J connectivity index is 2.00. The molecule has 2 rings (SSSR count). The van der Waals surface area contributed by atoms with Crippen LogP contribution in [0.1, 0.15) is 31.9 Å². The van der Waals surface area contributed by atoms with Gasteiger partial charge in [0, 0.05) is 6.04 Å². The second-order valence-electron chi connectivity index (χ2n) is 4.76. The first-order chi connectivity index (χ1) is 8.24. The van der Waals surface area contributed by atoms with Gasteiger partial charge in [0.25, 0.3) is 0 Å². The third kappa shape index (κ3) is 3.12. The summed E-state index contributed by atoms with van der Waals surface area (Å²) >= 11 is 3.35. The lowest BCUT2D eigenvalue weighted by Gasteiger charge is -2.30. The summed E-state index contributed by atoms with van der Waals surface area (Å²) in [6.45, 7) is 4.97. The maximum Gasteiger partial charge on any atom is 0.169 e. The summed E-state index contributed by atoms with van der Waals surface area (Å²) in [5.41, 5.74) is 5.86. The van der Waals surface area contributed by atoms with Crippen LogP contribution in [-0.4, -0.2) is 24.0 Å². The Hall–Kier alpha value is -0.320. The summed E-state index contributed by atoms with van der Waals surface area (Å²) < 4.78 is 6.40. The minimum Gasteiger partial charge on any atom is -0.453 e. The van der Waals surface area contributed by atoms with Crippen molar-refractivity contribution in [2.75, 3.05) is 13.1 Å². The van der Waals surface area contributed by atoms with Crippen molar-refractivity contribution in [3.05, 3.63) is 22.6 Å². The van der Waals surface area contributed by atoms with Crippen LogP contribution in [0, 0.1) is 5.92 Å². The van der Waals surface area contributed by atoms with Gasteiger partial charge in [-0.3, -0.25) is 4.90 Å². The molecule has 2 atom stereocenters. The highest BCUT2D eigenvalue weighted by Crippen LogP contribution is 2.30. The molecule has 0 radical (unpaired) electrons. The van der Waals surface area contributed by atoms with Crippen molar-refractivity contribution >= 4 is 15.9 Å². The van der Waals surface area contributed by atoms with Crippen LogP contribution in [0.3, 0.4) is 0 Å². The van der Waals surface area contributed by atoms with E-state index in [2.05, 4.69) is 27.8 Å². The van der Waals surface area contributed by atoms with Crippen LogP contribution in [0.4, 0.5) is 0 Å². The van der Waals surface area contributed by atoms with Crippen molar-refractivity contribution in [3.63, 3.8) is 0 Å². The van der Waals surface area contributed by atoms with Crippen molar-refractivity contribution in [2.24, 2.45) is 11.7 Å². The summed E-state index contributed by atoms with van der Waals surface area (Å²) in [4.78, 5) is 2.50. The van der Waals surface area contributed by atoms with Gasteiger partial charge in [0.05, 0.1) is 6.54 Å². The number of hydrogen-bond acceptors (Lipinski definition) is 3. The van der Waals surface area contributed by atoms with Crippen LogP contribution >= 0.6 is 15.9 Å². The average Bonchev–Trinajstić information content (AvgIpc) is 2.94. The van der Waals surface area contributed by atoms with Crippen molar-refractivity contribution in [1.29, 1.82) is 0 Å². The molecule has 0 spiro atoms. The molecule has 0 bridgehead atoms. The summed E-state index contributed by atoms with van der Waals surface area (Å²) in [5, 5.41) is 0. The number of halogens is 1. The van der Waals surface area contributed by atoms with Gasteiger partial charge < -0.3 is 10.2 Å². The monoisotopic (exact) mass is 300 g/mol. The Labute approximate surface area is 111 Å². The molecule has 1 fully saturated rings. The topological polar surface area (TPSA) is 42.4 Å². The first-order valence-corrected chi connectivity index (χ1v) is 7.22. The third-order valence-electron chi connectivity index (χ3n) is 3.78. The van der Waals surface area contributed by atoms with Gasteiger partial charge in [-0.15, -0.1) is 0 Å². The molecule has 2 N–H and O–H groups in total. The molecular formula is C13H21BrN2O. The number of hydrogen-bond donors (Lipinski definition) is 1. The zero-order valence-corrected chi connectivity index (χ0v) is 11.9. The van der Waals surface area contributed by atoms with E-state index in [-0.39, 0.29) is 0 Å². The molecule has 1 aromatic rings. The number of furan rings is 1. The molecule has 1 aromatic heterocycles. The second kappa shape index (κ2) is 6.03. The van der Waals surface area contributed by atoms with Gasteiger partial charge >= 0.3 is 0 Å². The molecule has 1 aliphatic carbocycles. The van der Waals surface area contributed by atoms with Gasteiger partial charge in [0.1, 0.15) is 5.76 Å². The maximum atomic E-state index is 5.86. The van der Waals surface area contributed by atoms with Crippen molar-refractivity contribution < 1.29 is 4.42 Å². The van der Waals surface area contributed by atoms with Gasteiger partial charge in [-0.1, -0.05) is 13.3 Å². The molecule has 2 unspecified atom stereocenters. The first-order valence-electron chi connectivity index (χ1n) is 6.43. The molecule has 4 heteroatoms. The van der Waals surface area contributed by atoms with E-state index >= 15 is 0 Å². The molecule has 0 aliphatic heterocycles. The zero-order chi connectivity index (χ0) is 12.3. The minimum absolute atomic E-state index is 0.633. The van der Waals surface area contributed by atoms with Crippen LogP contribution in [-0.2, 0) is 6.54 Å². The van der Waals surface area contributed by atoms with Gasteiger partial charge in [-0.25, -0.2) is 0 Å². The van der Waals surface area contributed by atoms with E-state index in [9.17, 15) is 0 Å². The Kier molecular flexibility index (Phi) is 4.65. The molecule has 0 amide bonds. The van der Waals surface area contributed by atoms with E-state index in [1.165, 1.54) is 19.3 Å². The highest BCUT2D eigenvalue weighted by atomic mass is 79.9. The van der Waals surface area contributed by atoms with Crippen molar-refractivity contribution in [2.45, 2.75) is 38.8 Å². The molecule has 0 aromatic carbocycles. The molecule has 17 heavy (non-hydrogen) atoms. The highest BCUT2D eigenvalue weighted by Gasteiger charge is 2.30. The van der Waals surface area contributed by atoms with Crippen LogP contribution in [0.5, 0.6) is 0 Å². The number of nitrogens with zero attached hydrogens (tertiary/aromatic N) is 1. The molecule has 96 valence electrons. The van der Waals surface area contributed by atoms with Crippen LogP contribution < -0.4 is 5.73 Å². The number of rotatable bonds is 5. The molecule has 1 aliphatic rings. The smallest absolute Gasteiger partial charge is 0.169 e. The fraction of sp³-hybridized carbons (Fsp3) is 0.692. The van der Waals surface area contributed by atoms with Crippen molar-refractivity contribution in [1.82, 2.24) is 4.90 Å². The van der Waals surface area contributed by atoms with E-state index in [1.807, 2.05) is 12.1 Å². The SMILES string of the molecule is CCN(Cc1ccc(Br)o1)C1CCCC1CN. The van der Waals surface area contributed by atoms with E-state index in [4.69, 9.17) is 10.2 Å². The van der Waals surface area contributed by atoms with E-state index < -0.39 is 0 Å². The normalized spacial score (nSPS) is 24.7. The van der Waals surface area contributed by atoms with Crippen molar-refractivity contribution in [3.8, 4) is 0 Å². The highest BCUT2D eigenvalue weighted by molar-refractivity contribution is 9.10. The summed E-state index contributed by atoms with van der Waals surface area (Å²) in [5.74, 6) is 1.69. The third-order valence-corrected chi connectivity index (χ3v) is 4.21. The first kappa shape index (κ1) is 13.1. The lowest BCUT2D eigenvalue weighted by molar-refractivity contribution is 0.150. The lowest BCUT2D eigenvalue weighted by atomic mass is 10.0. The summed E-state index contributed by atoms with van der Waals surface area (Å²) in [6.07, 6.45) is 3.86. The van der Waals surface area contributed by atoms with E-state index in [0.717, 1.165) is 30.1 Å². The van der Waals surface area contributed by atoms with Crippen LogP contribution in [0.25, 0.3) is 0 Å². The predicted molar refractivity (Wildman–Crippen MR) is 72.7 cm³/mol.